The molecule has 1 aromatic carbocycles. The number of aromatic nitrogens is 3. The number of carboxylic acid groups (broad SMARTS) is 1. The Balaban J connectivity index is 2.39. The summed E-state index contributed by atoms with van der Waals surface area (Å²) in [5.41, 5.74) is -0.161. The number of nitrogens with zero attached hydrogens (tertiary/aromatic N) is 2. The summed E-state index contributed by atoms with van der Waals surface area (Å²) in [7, 11) is 0. The second-order valence-electron chi connectivity index (χ2n) is 4.30. The zero-order valence-corrected chi connectivity index (χ0v) is 10.8. The lowest BCUT2D eigenvalue weighted by atomic mass is 10.1. The van der Waals surface area contributed by atoms with Crippen LogP contribution in [0.5, 0.6) is 0 Å². The number of aryl methyl sites for hydroxylation is 1. The van der Waals surface area contributed by atoms with Crippen molar-refractivity contribution in [2.45, 2.75) is 13.1 Å². The molecule has 0 fully saturated rings. The smallest absolute Gasteiger partial charge is 0.416 e. The number of hydrogen-bond donors (Lipinski definition) is 2. The molecule has 0 spiro atoms. The van der Waals surface area contributed by atoms with E-state index in [0.717, 1.165) is 18.2 Å². The molecule has 110 valence electrons. The highest BCUT2D eigenvalue weighted by atomic mass is 19.4. The first-order valence-corrected chi connectivity index (χ1v) is 5.78. The highest BCUT2D eigenvalue weighted by Gasteiger charge is 2.31. The number of halogens is 3. The van der Waals surface area contributed by atoms with Crippen LogP contribution in [0, 0.1) is 6.92 Å². The Hall–Kier alpha value is -2.64. The monoisotopic (exact) mass is 297 g/mol. The average Bonchev–Trinajstić information content (AvgIpc) is 2.83. The largest absolute Gasteiger partial charge is 0.478 e. The fraction of sp³-hybridized carbons (Fsp3) is 0.154. The zero-order chi connectivity index (χ0) is 15.6. The minimum atomic E-state index is -4.46. The van der Waals surface area contributed by atoms with E-state index in [9.17, 15) is 18.0 Å². The number of alkyl halides is 3. The van der Waals surface area contributed by atoms with Crippen LogP contribution >= 0.6 is 0 Å². The molecule has 2 aromatic rings. The maximum Gasteiger partial charge on any atom is 0.416 e. The molecule has 0 aliphatic rings. The maximum absolute atomic E-state index is 12.8. The fourth-order valence-electron chi connectivity index (χ4n) is 1.70. The zero-order valence-electron chi connectivity index (χ0n) is 10.8. The molecule has 1 heterocycles. The van der Waals surface area contributed by atoms with E-state index in [1.54, 1.807) is 0 Å². The van der Waals surface area contributed by atoms with Gasteiger partial charge in [0.15, 0.2) is 5.82 Å². The number of hydrogen-bond acceptors (Lipinski definition) is 3. The van der Waals surface area contributed by atoms with Crippen LogP contribution in [0.4, 0.5) is 13.2 Å². The molecule has 0 bridgehead atoms. The van der Waals surface area contributed by atoms with Crippen LogP contribution in [0.15, 0.2) is 24.3 Å². The van der Waals surface area contributed by atoms with Gasteiger partial charge in [-0.25, -0.2) is 9.78 Å². The minimum Gasteiger partial charge on any atom is -0.478 e. The minimum absolute atomic E-state index is 0.0641. The van der Waals surface area contributed by atoms with Gasteiger partial charge in [0.2, 0.25) is 0 Å². The Bertz CT molecular complexity index is 705. The quantitative estimate of drug-likeness (QED) is 0.854. The second-order valence-corrected chi connectivity index (χ2v) is 4.30. The van der Waals surface area contributed by atoms with Gasteiger partial charge in [-0.2, -0.15) is 18.3 Å². The number of rotatable bonds is 3. The van der Waals surface area contributed by atoms with Gasteiger partial charge in [-0.1, -0.05) is 0 Å². The van der Waals surface area contributed by atoms with E-state index in [2.05, 4.69) is 15.2 Å². The first kappa shape index (κ1) is 14.8. The van der Waals surface area contributed by atoms with E-state index >= 15 is 0 Å². The molecule has 21 heavy (non-hydrogen) atoms. The lowest BCUT2D eigenvalue weighted by Gasteiger charge is -2.08. The van der Waals surface area contributed by atoms with Crippen molar-refractivity contribution in [3.8, 4) is 11.4 Å². The number of carbonyl (C=O) groups is 1. The van der Waals surface area contributed by atoms with Crippen molar-refractivity contribution < 1.29 is 23.1 Å². The highest BCUT2D eigenvalue weighted by molar-refractivity contribution is 5.84. The van der Waals surface area contributed by atoms with Crippen LogP contribution in [0.25, 0.3) is 17.5 Å². The molecule has 0 saturated carbocycles. The summed E-state index contributed by atoms with van der Waals surface area (Å²) in [4.78, 5) is 14.3. The van der Waals surface area contributed by atoms with Gasteiger partial charge >= 0.3 is 12.1 Å². The van der Waals surface area contributed by atoms with Crippen molar-refractivity contribution in [3.63, 3.8) is 0 Å². The van der Waals surface area contributed by atoms with E-state index in [1.807, 2.05) is 0 Å². The molecule has 0 amide bonds. The first-order valence-electron chi connectivity index (χ1n) is 5.78. The summed E-state index contributed by atoms with van der Waals surface area (Å²) >= 11 is 0. The van der Waals surface area contributed by atoms with Crippen LogP contribution in [0.2, 0.25) is 0 Å². The summed E-state index contributed by atoms with van der Waals surface area (Å²) in [6, 6.07) is 3.49. The maximum atomic E-state index is 12.8. The molecule has 0 aliphatic carbocycles. The van der Waals surface area contributed by atoms with Gasteiger partial charge in [-0.15, -0.1) is 0 Å². The standard InChI is InChI=1S/C13H10F3N3O2/c1-7-4-8(6-9(5-7)13(14,15)16)12-17-10(18-19-12)2-3-11(20)21/h2-6H,1H3,(H,20,21)(H,17,18,19)/b3-2-. The summed E-state index contributed by atoms with van der Waals surface area (Å²) in [6.07, 6.45) is -2.44. The van der Waals surface area contributed by atoms with Gasteiger partial charge < -0.3 is 5.11 Å². The fourth-order valence-corrected chi connectivity index (χ4v) is 1.70. The average molecular weight is 297 g/mol. The molecule has 1 aromatic heterocycles. The van der Waals surface area contributed by atoms with Gasteiger partial charge in [0.25, 0.3) is 0 Å². The third-order valence-corrected chi connectivity index (χ3v) is 2.55. The van der Waals surface area contributed by atoms with E-state index in [1.165, 1.54) is 19.1 Å². The molecule has 0 radical (unpaired) electrons. The number of aromatic amines is 1. The molecule has 2 N–H and O–H groups in total. The molecule has 5 nitrogen and oxygen atoms in total. The highest BCUT2D eigenvalue weighted by Crippen LogP contribution is 2.32. The van der Waals surface area contributed by atoms with Crippen molar-refractivity contribution in [1.29, 1.82) is 0 Å². The van der Waals surface area contributed by atoms with E-state index in [-0.39, 0.29) is 17.2 Å². The summed E-state index contributed by atoms with van der Waals surface area (Å²) in [5, 5.41) is 14.7. The summed E-state index contributed by atoms with van der Waals surface area (Å²) in [5.74, 6) is -0.959. The number of H-pyrrole nitrogens is 1. The van der Waals surface area contributed by atoms with Crippen molar-refractivity contribution >= 4 is 12.0 Å². The molecule has 0 atom stereocenters. The predicted octanol–water partition coefficient (Wildman–Crippen LogP) is 2.90. The predicted molar refractivity (Wildman–Crippen MR) is 68.2 cm³/mol. The molecule has 8 heteroatoms. The van der Waals surface area contributed by atoms with Crippen LogP contribution in [0.3, 0.4) is 0 Å². The Morgan fingerprint density at radius 2 is 2.05 bits per heavy atom. The molecular formula is C13H10F3N3O2. The van der Waals surface area contributed by atoms with E-state index < -0.39 is 17.7 Å². The molecule has 0 saturated heterocycles. The second kappa shape index (κ2) is 5.39. The van der Waals surface area contributed by atoms with Gasteiger partial charge in [0, 0.05) is 11.6 Å². The van der Waals surface area contributed by atoms with E-state index in [4.69, 9.17) is 5.11 Å². The van der Waals surface area contributed by atoms with Crippen molar-refractivity contribution in [1.82, 2.24) is 15.2 Å². The SMILES string of the molecule is Cc1cc(-c2n[nH]c(/C=C\C(=O)O)n2)cc(C(F)(F)F)c1. The van der Waals surface area contributed by atoms with Crippen LogP contribution in [-0.2, 0) is 11.0 Å². The van der Waals surface area contributed by atoms with Gasteiger partial charge in [-0.05, 0) is 36.8 Å². The van der Waals surface area contributed by atoms with Crippen LogP contribution in [-0.4, -0.2) is 26.3 Å². The van der Waals surface area contributed by atoms with Gasteiger partial charge in [0.05, 0.1) is 5.56 Å². The Kier molecular flexibility index (Phi) is 3.79. The number of benzene rings is 1. The lowest BCUT2D eigenvalue weighted by molar-refractivity contribution is -0.137. The summed E-state index contributed by atoms with van der Waals surface area (Å²) in [6.45, 7) is 1.54. The Labute approximate surface area is 117 Å². The molecule has 2 rings (SSSR count). The molecule has 0 unspecified atom stereocenters. The molecular weight excluding hydrogens is 287 g/mol. The number of aliphatic carboxylic acids is 1. The molecule has 0 aliphatic heterocycles. The normalized spacial score (nSPS) is 12.0. The van der Waals surface area contributed by atoms with E-state index in [0.29, 0.717) is 5.56 Å². The third kappa shape index (κ3) is 3.68. The summed E-state index contributed by atoms with van der Waals surface area (Å²) < 4.78 is 38.3. The first-order chi connectivity index (χ1) is 9.75. The van der Waals surface area contributed by atoms with Crippen LogP contribution < -0.4 is 0 Å². The van der Waals surface area contributed by atoms with Gasteiger partial charge in [-0.3, -0.25) is 5.10 Å². The Morgan fingerprint density at radius 1 is 1.33 bits per heavy atom. The Morgan fingerprint density at radius 3 is 2.67 bits per heavy atom. The number of carboxylic acids is 1. The lowest BCUT2D eigenvalue weighted by Crippen LogP contribution is -2.05. The van der Waals surface area contributed by atoms with Crippen molar-refractivity contribution in [2.75, 3.05) is 0 Å². The van der Waals surface area contributed by atoms with Crippen LogP contribution in [0.1, 0.15) is 17.0 Å². The van der Waals surface area contributed by atoms with Gasteiger partial charge in [0.1, 0.15) is 5.82 Å². The third-order valence-electron chi connectivity index (χ3n) is 2.55. The van der Waals surface area contributed by atoms with Crippen molar-refractivity contribution in [2.24, 2.45) is 0 Å². The van der Waals surface area contributed by atoms with Crippen molar-refractivity contribution in [3.05, 3.63) is 41.2 Å². The number of nitrogens with one attached hydrogen (secondary N) is 1. The topological polar surface area (TPSA) is 78.9 Å².